The first-order valence-electron chi connectivity index (χ1n) is 6.83. The van der Waals surface area contributed by atoms with Crippen LogP contribution in [0.1, 0.15) is 13.8 Å². The zero-order valence-electron chi connectivity index (χ0n) is 12.2. The van der Waals surface area contributed by atoms with Crippen LogP contribution in [0.4, 0.5) is 11.9 Å². The Morgan fingerprint density at radius 1 is 1.33 bits per heavy atom. The van der Waals surface area contributed by atoms with Gasteiger partial charge in [0.05, 0.1) is 6.61 Å². The fraction of sp³-hybridized carbons (Fsp3) is 0.500. The number of ether oxygens (including phenoxy) is 1. The molecule has 0 aliphatic rings. The minimum Gasteiger partial charge on any atom is -0.380 e. The van der Waals surface area contributed by atoms with Crippen LogP contribution in [0.3, 0.4) is 0 Å². The Kier molecular flexibility index (Phi) is 5.41. The van der Waals surface area contributed by atoms with Crippen LogP contribution in [0.25, 0.3) is 5.95 Å². The average molecular weight is 292 g/mol. The van der Waals surface area contributed by atoms with Gasteiger partial charge in [0.1, 0.15) is 0 Å². The standard InChI is InChI=1S/C12H20N8O/c1-3-19(8-9-21-4-2)11-15-10(18-13)16-12(17-11)20-7-5-6-14-20/h5-7H,3-4,8-9,13H2,1-2H3,(H,15,16,17,18). The lowest BCUT2D eigenvalue weighted by atomic mass is 10.5. The number of nitrogen functional groups attached to an aromatic ring is 1. The van der Waals surface area contributed by atoms with Gasteiger partial charge in [-0.2, -0.15) is 20.1 Å². The summed E-state index contributed by atoms with van der Waals surface area (Å²) in [4.78, 5) is 14.9. The van der Waals surface area contributed by atoms with E-state index in [1.165, 1.54) is 0 Å². The summed E-state index contributed by atoms with van der Waals surface area (Å²) < 4.78 is 6.93. The quantitative estimate of drug-likeness (QED) is 0.404. The molecule has 0 atom stereocenters. The Hall–Kier alpha value is -2.26. The summed E-state index contributed by atoms with van der Waals surface area (Å²) in [5.41, 5.74) is 2.45. The van der Waals surface area contributed by atoms with E-state index < -0.39 is 0 Å². The van der Waals surface area contributed by atoms with Gasteiger partial charge in [-0.25, -0.2) is 10.5 Å². The lowest BCUT2D eigenvalue weighted by molar-refractivity contribution is 0.153. The minimum atomic E-state index is 0.292. The van der Waals surface area contributed by atoms with Crippen LogP contribution in [0, 0.1) is 0 Å². The molecule has 0 unspecified atom stereocenters. The lowest BCUT2D eigenvalue weighted by Crippen LogP contribution is -2.30. The molecule has 0 amide bonds. The molecule has 9 heteroatoms. The first-order valence-corrected chi connectivity index (χ1v) is 6.83. The molecule has 0 fully saturated rings. The van der Waals surface area contributed by atoms with Gasteiger partial charge in [-0.1, -0.05) is 0 Å². The van der Waals surface area contributed by atoms with Crippen molar-refractivity contribution in [1.29, 1.82) is 0 Å². The summed E-state index contributed by atoms with van der Waals surface area (Å²) in [5.74, 6) is 6.66. The molecule has 2 heterocycles. The predicted molar refractivity (Wildman–Crippen MR) is 79.1 cm³/mol. The molecule has 0 radical (unpaired) electrons. The number of rotatable bonds is 8. The number of hydrazine groups is 1. The second kappa shape index (κ2) is 7.50. The highest BCUT2D eigenvalue weighted by Gasteiger charge is 2.13. The van der Waals surface area contributed by atoms with E-state index in [4.69, 9.17) is 10.6 Å². The van der Waals surface area contributed by atoms with Gasteiger partial charge in [0.25, 0.3) is 5.95 Å². The summed E-state index contributed by atoms with van der Waals surface area (Å²) in [6, 6.07) is 1.80. The fourth-order valence-electron chi connectivity index (χ4n) is 1.77. The van der Waals surface area contributed by atoms with Gasteiger partial charge >= 0.3 is 0 Å². The van der Waals surface area contributed by atoms with E-state index in [2.05, 4.69) is 25.5 Å². The second-order valence-electron chi connectivity index (χ2n) is 4.13. The number of hydrogen-bond donors (Lipinski definition) is 2. The van der Waals surface area contributed by atoms with Crippen LogP contribution >= 0.6 is 0 Å². The van der Waals surface area contributed by atoms with Crippen LogP contribution in [-0.2, 0) is 4.74 Å². The summed E-state index contributed by atoms with van der Waals surface area (Å²) in [5, 5.41) is 4.12. The van der Waals surface area contributed by atoms with Crippen molar-refractivity contribution < 1.29 is 4.74 Å². The van der Waals surface area contributed by atoms with Gasteiger partial charge in [0.15, 0.2) is 0 Å². The van der Waals surface area contributed by atoms with Crippen molar-refractivity contribution in [2.45, 2.75) is 13.8 Å². The number of nitrogens with zero attached hydrogens (tertiary/aromatic N) is 6. The SMILES string of the molecule is CCOCCN(CC)c1nc(NN)nc(-n2cccn2)n1. The maximum absolute atomic E-state index is 5.43. The molecule has 0 aliphatic carbocycles. The molecular formula is C12H20N8O. The Morgan fingerprint density at radius 2 is 2.19 bits per heavy atom. The average Bonchev–Trinajstić information content (AvgIpc) is 3.05. The van der Waals surface area contributed by atoms with Gasteiger partial charge < -0.3 is 9.64 Å². The largest absolute Gasteiger partial charge is 0.380 e. The fourth-order valence-corrected chi connectivity index (χ4v) is 1.77. The molecule has 2 aromatic heterocycles. The molecule has 9 nitrogen and oxygen atoms in total. The van der Waals surface area contributed by atoms with Gasteiger partial charge in [0.2, 0.25) is 11.9 Å². The van der Waals surface area contributed by atoms with E-state index in [1.807, 2.05) is 18.7 Å². The zero-order valence-corrected chi connectivity index (χ0v) is 12.2. The van der Waals surface area contributed by atoms with E-state index in [9.17, 15) is 0 Å². The molecule has 0 saturated heterocycles. The van der Waals surface area contributed by atoms with Crippen LogP contribution in [0.5, 0.6) is 0 Å². The van der Waals surface area contributed by atoms with E-state index in [0.29, 0.717) is 37.6 Å². The van der Waals surface area contributed by atoms with Crippen molar-refractivity contribution in [3.05, 3.63) is 18.5 Å². The number of nitrogens with two attached hydrogens (primary N) is 1. The smallest absolute Gasteiger partial charge is 0.257 e. The van der Waals surface area contributed by atoms with E-state index in [-0.39, 0.29) is 0 Å². The van der Waals surface area contributed by atoms with Crippen LogP contribution < -0.4 is 16.2 Å². The molecule has 0 aromatic carbocycles. The first-order chi connectivity index (χ1) is 10.3. The highest BCUT2D eigenvalue weighted by molar-refractivity contribution is 5.39. The summed E-state index contributed by atoms with van der Waals surface area (Å²) in [6.07, 6.45) is 3.42. The molecule has 0 spiro atoms. The number of anilines is 2. The van der Waals surface area contributed by atoms with Crippen molar-refractivity contribution in [1.82, 2.24) is 24.7 Å². The monoisotopic (exact) mass is 292 g/mol. The van der Waals surface area contributed by atoms with Gasteiger partial charge in [-0.15, -0.1) is 0 Å². The van der Waals surface area contributed by atoms with Gasteiger partial charge in [0, 0.05) is 32.1 Å². The molecule has 21 heavy (non-hydrogen) atoms. The third-order valence-electron chi connectivity index (χ3n) is 2.82. The maximum atomic E-state index is 5.43. The molecule has 3 N–H and O–H groups in total. The zero-order chi connectivity index (χ0) is 15.1. The second-order valence-corrected chi connectivity index (χ2v) is 4.13. The predicted octanol–water partition coefficient (Wildman–Crippen LogP) is 0.206. The summed E-state index contributed by atoms with van der Waals surface area (Å²) in [7, 11) is 0. The van der Waals surface area contributed by atoms with Crippen molar-refractivity contribution in [3.63, 3.8) is 0 Å². The molecule has 2 aromatic rings. The minimum absolute atomic E-state index is 0.292. The third kappa shape index (κ3) is 3.86. The number of aromatic nitrogens is 5. The van der Waals surface area contributed by atoms with Crippen molar-refractivity contribution >= 4 is 11.9 Å². The summed E-state index contributed by atoms with van der Waals surface area (Å²) in [6.45, 7) is 6.72. The van der Waals surface area contributed by atoms with Crippen molar-refractivity contribution in [3.8, 4) is 5.95 Å². The third-order valence-corrected chi connectivity index (χ3v) is 2.82. The topological polar surface area (TPSA) is 107 Å². The first kappa shape index (κ1) is 15.1. The normalized spacial score (nSPS) is 10.6. The molecule has 0 bridgehead atoms. The molecule has 114 valence electrons. The van der Waals surface area contributed by atoms with Crippen molar-refractivity contribution in [2.75, 3.05) is 36.6 Å². The Bertz CT molecular complexity index is 544. The van der Waals surface area contributed by atoms with Crippen LogP contribution in [-0.4, -0.2) is 51.0 Å². The Labute approximate surface area is 123 Å². The highest BCUT2D eigenvalue weighted by atomic mass is 16.5. The highest BCUT2D eigenvalue weighted by Crippen LogP contribution is 2.12. The lowest BCUT2D eigenvalue weighted by Gasteiger charge is -2.21. The number of hydrogen-bond acceptors (Lipinski definition) is 8. The number of nitrogens with one attached hydrogen (secondary N) is 1. The molecule has 0 aliphatic heterocycles. The van der Waals surface area contributed by atoms with Crippen LogP contribution in [0.2, 0.25) is 0 Å². The molecular weight excluding hydrogens is 272 g/mol. The van der Waals surface area contributed by atoms with E-state index >= 15 is 0 Å². The van der Waals surface area contributed by atoms with E-state index in [1.54, 1.807) is 23.1 Å². The Balaban J connectivity index is 2.26. The van der Waals surface area contributed by atoms with Crippen molar-refractivity contribution in [2.24, 2.45) is 5.84 Å². The van der Waals surface area contributed by atoms with Gasteiger partial charge in [-0.3, -0.25) is 5.43 Å². The van der Waals surface area contributed by atoms with Gasteiger partial charge in [-0.05, 0) is 19.9 Å². The maximum Gasteiger partial charge on any atom is 0.257 e. The molecule has 0 saturated carbocycles. The van der Waals surface area contributed by atoms with E-state index in [0.717, 1.165) is 6.54 Å². The molecule has 2 rings (SSSR count). The van der Waals surface area contributed by atoms with Crippen LogP contribution in [0.15, 0.2) is 18.5 Å². The number of likely N-dealkylation sites (N-methyl/N-ethyl adjacent to an activating group) is 1. The summed E-state index contributed by atoms with van der Waals surface area (Å²) >= 11 is 0. The Morgan fingerprint density at radius 3 is 2.81 bits per heavy atom.